The molecule has 28 heavy (non-hydrogen) atoms. The van der Waals surface area contributed by atoms with Crippen LogP contribution in [0.2, 0.25) is 0 Å². The number of aryl methyl sites for hydroxylation is 2. The van der Waals surface area contributed by atoms with Gasteiger partial charge < -0.3 is 5.32 Å². The Bertz CT molecular complexity index is 905. The first-order valence-corrected chi connectivity index (χ1v) is 11.7. The number of hydrogen-bond donors (Lipinski definition) is 1. The average molecular weight is 412 g/mol. The fourth-order valence-electron chi connectivity index (χ4n) is 3.86. The number of hydrogen-bond acceptors (Lipinski definition) is 5. The third kappa shape index (κ3) is 4.08. The molecule has 1 aromatic carbocycles. The van der Waals surface area contributed by atoms with Gasteiger partial charge in [-0.25, -0.2) is 4.99 Å². The van der Waals surface area contributed by atoms with Crippen LogP contribution in [0.3, 0.4) is 0 Å². The van der Waals surface area contributed by atoms with E-state index in [0.29, 0.717) is 5.75 Å². The number of nitrogens with one attached hydrogen (secondary N) is 1. The number of aliphatic imine (C=N–C) groups is 2. The zero-order chi connectivity index (χ0) is 19.6. The van der Waals surface area contributed by atoms with Gasteiger partial charge in [0, 0.05) is 5.69 Å². The Balaban J connectivity index is 1.49. The molecule has 2 heterocycles. The first-order chi connectivity index (χ1) is 13.6. The molecule has 0 atom stereocenters. The van der Waals surface area contributed by atoms with E-state index < -0.39 is 0 Å². The van der Waals surface area contributed by atoms with Gasteiger partial charge in [0.2, 0.25) is 5.91 Å². The highest BCUT2D eigenvalue weighted by molar-refractivity contribution is 8.16. The second-order valence-electron chi connectivity index (χ2n) is 7.50. The largest absolute Gasteiger partial charge is 0.325 e. The van der Waals surface area contributed by atoms with Crippen LogP contribution in [0.25, 0.3) is 0 Å². The Labute approximate surface area is 174 Å². The number of amides is 1. The van der Waals surface area contributed by atoms with Gasteiger partial charge in [0.05, 0.1) is 10.6 Å². The van der Waals surface area contributed by atoms with Gasteiger partial charge in [-0.1, -0.05) is 42.4 Å². The Morgan fingerprint density at radius 1 is 1.11 bits per heavy atom. The second kappa shape index (κ2) is 8.21. The number of carbonyl (C=O) groups is 1. The summed E-state index contributed by atoms with van der Waals surface area (Å²) in [5, 5.41) is 6.06. The molecule has 1 aliphatic heterocycles. The molecule has 1 amide bonds. The fraction of sp³-hybridized carbons (Fsp3) is 0.409. The summed E-state index contributed by atoms with van der Waals surface area (Å²) in [6, 6.07) is 10.2. The van der Waals surface area contributed by atoms with Crippen LogP contribution in [-0.2, 0) is 4.79 Å². The van der Waals surface area contributed by atoms with Crippen molar-refractivity contribution in [2.24, 2.45) is 9.98 Å². The van der Waals surface area contributed by atoms with Gasteiger partial charge in [-0.05, 0) is 62.1 Å². The van der Waals surface area contributed by atoms with E-state index in [1.54, 1.807) is 11.3 Å². The van der Waals surface area contributed by atoms with Crippen LogP contribution in [-0.4, -0.2) is 28.1 Å². The minimum atomic E-state index is -0.289. The summed E-state index contributed by atoms with van der Waals surface area (Å²) >= 11 is 3.20. The van der Waals surface area contributed by atoms with Gasteiger partial charge >= 0.3 is 0 Å². The minimum Gasteiger partial charge on any atom is -0.325 e. The van der Waals surface area contributed by atoms with Crippen molar-refractivity contribution in [1.29, 1.82) is 0 Å². The first kappa shape index (κ1) is 19.4. The van der Waals surface area contributed by atoms with E-state index in [-0.39, 0.29) is 11.6 Å². The number of benzene rings is 1. The molecule has 4 rings (SSSR count). The molecule has 1 saturated carbocycles. The van der Waals surface area contributed by atoms with Gasteiger partial charge in [0.15, 0.2) is 5.66 Å². The van der Waals surface area contributed by atoms with E-state index in [2.05, 4.69) is 16.8 Å². The molecule has 0 unspecified atom stereocenters. The maximum atomic E-state index is 12.6. The average Bonchev–Trinajstić information content (AvgIpc) is 3.32. The zero-order valence-corrected chi connectivity index (χ0v) is 18.0. The van der Waals surface area contributed by atoms with Gasteiger partial charge in [-0.2, -0.15) is 0 Å². The molecule has 0 radical (unpaired) electrons. The smallest absolute Gasteiger partial charge is 0.234 e. The number of nitrogens with zero attached hydrogens (tertiary/aromatic N) is 2. The minimum absolute atomic E-state index is 0.000207. The Morgan fingerprint density at radius 2 is 1.86 bits per heavy atom. The van der Waals surface area contributed by atoms with Crippen molar-refractivity contribution >= 4 is 45.4 Å². The van der Waals surface area contributed by atoms with E-state index in [9.17, 15) is 4.79 Å². The molecule has 1 aromatic heterocycles. The highest BCUT2D eigenvalue weighted by Gasteiger charge is 2.38. The van der Waals surface area contributed by atoms with Crippen LogP contribution in [0.15, 0.2) is 45.7 Å². The maximum absolute atomic E-state index is 12.6. The summed E-state index contributed by atoms with van der Waals surface area (Å²) in [7, 11) is 0. The predicted molar refractivity (Wildman–Crippen MR) is 121 cm³/mol. The predicted octanol–water partition coefficient (Wildman–Crippen LogP) is 5.60. The molecular formula is C22H25N3OS2. The molecule has 6 heteroatoms. The number of anilines is 1. The number of para-hydroxylation sites is 1. The Morgan fingerprint density at radius 3 is 2.54 bits per heavy atom. The molecule has 0 bridgehead atoms. The lowest BCUT2D eigenvalue weighted by Gasteiger charge is -2.27. The SMILES string of the molecule is Cc1cccc(C)c1NC(=O)CSC1=NC2(CCCCC2)N=C1c1cccs1. The van der Waals surface area contributed by atoms with Crippen molar-refractivity contribution in [3.8, 4) is 0 Å². The van der Waals surface area contributed by atoms with E-state index in [0.717, 1.165) is 45.3 Å². The van der Waals surface area contributed by atoms with E-state index >= 15 is 0 Å². The Hall–Kier alpha value is -1.92. The molecule has 2 aliphatic rings. The molecule has 4 nitrogen and oxygen atoms in total. The van der Waals surface area contributed by atoms with Crippen molar-refractivity contribution in [3.05, 3.63) is 51.7 Å². The summed E-state index contributed by atoms with van der Waals surface area (Å²) in [5.41, 5.74) is 3.76. The fourth-order valence-corrected chi connectivity index (χ4v) is 5.51. The highest BCUT2D eigenvalue weighted by atomic mass is 32.2. The quantitative estimate of drug-likeness (QED) is 0.712. The third-order valence-electron chi connectivity index (χ3n) is 5.33. The highest BCUT2D eigenvalue weighted by Crippen LogP contribution is 2.39. The van der Waals surface area contributed by atoms with Crippen molar-refractivity contribution < 1.29 is 4.79 Å². The molecule has 1 fully saturated rings. The lowest BCUT2D eigenvalue weighted by Crippen LogP contribution is -2.25. The molecule has 1 spiro atoms. The number of thioether (sulfide) groups is 1. The van der Waals surface area contributed by atoms with Crippen LogP contribution in [0.4, 0.5) is 5.69 Å². The molecule has 0 saturated heterocycles. The van der Waals surface area contributed by atoms with Crippen molar-refractivity contribution in [1.82, 2.24) is 0 Å². The van der Waals surface area contributed by atoms with Crippen LogP contribution >= 0.6 is 23.1 Å². The normalized spacial score (nSPS) is 18.1. The van der Waals surface area contributed by atoms with Crippen LogP contribution in [0.5, 0.6) is 0 Å². The lowest BCUT2D eigenvalue weighted by molar-refractivity contribution is -0.113. The van der Waals surface area contributed by atoms with Gasteiger partial charge in [-0.15, -0.1) is 11.3 Å². The number of carbonyl (C=O) groups excluding carboxylic acids is 1. The third-order valence-corrected chi connectivity index (χ3v) is 7.17. The molecule has 1 N–H and O–H groups in total. The first-order valence-electron chi connectivity index (χ1n) is 9.79. The zero-order valence-electron chi connectivity index (χ0n) is 16.3. The number of rotatable bonds is 4. The van der Waals surface area contributed by atoms with Gasteiger partial charge in [-0.3, -0.25) is 9.79 Å². The maximum Gasteiger partial charge on any atom is 0.234 e. The summed E-state index contributed by atoms with van der Waals surface area (Å²) in [4.78, 5) is 23.8. The second-order valence-corrected chi connectivity index (χ2v) is 9.41. The van der Waals surface area contributed by atoms with Crippen molar-refractivity contribution in [2.75, 3.05) is 11.1 Å². The van der Waals surface area contributed by atoms with Crippen molar-refractivity contribution in [2.45, 2.75) is 51.6 Å². The van der Waals surface area contributed by atoms with Gasteiger partial charge in [0.1, 0.15) is 10.8 Å². The van der Waals surface area contributed by atoms with Gasteiger partial charge in [0.25, 0.3) is 0 Å². The van der Waals surface area contributed by atoms with Crippen LogP contribution < -0.4 is 5.32 Å². The van der Waals surface area contributed by atoms with Crippen molar-refractivity contribution in [3.63, 3.8) is 0 Å². The van der Waals surface area contributed by atoms with E-state index in [4.69, 9.17) is 9.98 Å². The van der Waals surface area contributed by atoms with Crippen LogP contribution in [0.1, 0.15) is 48.1 Å². The monoisotopic (exact) mass is 411 g/mol. The molecular weight excluding hydrogens is 386 g/mol. The topological polar surface area (TPSA) is 53.8 Å². The summed E-state index contributed by atoms with van der Waals surface area (Å²) in [5.74, 6) is 0.341. The Kier molecular flexibility index (Phi) is 5.69. The molecule has 1 aliphatic carbocycles. The van der Waals surface area contributed by atoms with E-state index in [1.807, 2.05) is 38.1 Å². The van der Waals surface area contributed by atoms with Crippen LogP contribution in [0, 0.1) is 13.8 Å². The number of thiophene rings is 1. The summed E-state index contributed by atoms with van der Waals surface area (Å²) in [6.45, 7) is 4.04. The van der Waals surface area contributed by atoms with E-state index in [1.165, 1.54) is 31.0 Å². The lowest BCUT2D eigenvalue weighted by atomic mass is 9.90. The summed E-state index contributed by atoms with van der Waals surface area (Å²) < 4.78 is 0. The summed E-state index contributed by atoms with van der Waals surface area (Å²) in [6.07, 6.45) is 5.65. The molecule has 146 valence electrons. The standard InChI is InChI=1S/C22H25N3OS2/c1-15-8-6-9-16(2)19(15)23-18(26)14-28-21-20(17-10-7-13-27-17)24-22(25-21)11-4-3-5-12-22/h6-10,13H,3-5,11-12,14H2,1-2H3,(H,23,26). The molecule has 2 aromatic rings.